The molecule has 0 unspecified atom stereocenters. The SMILES string of the molecule is O=C(C=Cc1ccc(OCCC=Cc2ccccc2)cc1)c1ccccc1. The lowest BCUT2D eigenvalue weighted by Gasteiger charge is -2.04. The Labute approximate surface area is 160 Å². The summed E-state index contributed by atoms with van der Waals surface area (Å²) in [5, 5.41) is 0. The molecule has 0 N–H and O–H groups in total. The van der Waals surface area contributed by atoms with Crippen molar-refractivity contribution in [1.82, 2.24) is 0 Å². The van der Waals surface area contributed by atoms with Gasteiger partial charge < -0.3 is 4.74 Å². The van der Waals surface area contributed by atoms with Gasteiger partial charge in [0, 0.05) is 5.56 Å². The van der Waals surface area contributed by atoms with E-state index in [0.717, 1.165) is 17.7 Å². The van der Waals surface area contributed by atoms with Gasteiger partial charge in [0.1, 0.15) is 5.75 Å². The molecule has 0 bridgehead atoms. The molecule has 3 rings (SSSR count). The molecule has 0 fully saturated rings. The van der Waals surface area contributed by atoms with Crippen molar-refractivity contribution in [2.75, 3.05) is 6.61 Å². The molecule has 2 heteroatoms. The van der Waals surface area contributed by atoms with Crippen LogP contribution in [0.15, 0.2) is 97.1 Å². The van der Waals surface area contributed by atoms with Gasteiger partial charge in [-0.25, -0.2) is 0 Å². The summed E-state index contributed by atoms with van der Waals surface area (Å²) in [6.07, 6.45) is 8.48. The van der Waals surface area contributed by atoms with E-state index in [1.54, 1.807) is 6.08 Å². The van der Waals surface area contributed by atoms with Gasteiger partial charge >= 0.3 is 0 Å². The Bertz CT molecular complexity index is 892. The van der Waals surface area contributed by atoms with E-state index in [1.165, 1.54) is 5.56 Å². The number of carbonyl (C=O) groups is 1. The first kappa shape index (κ1) is 18.4. The Morgan fingerprint density at radius 3 is 2.07 bits per heavy atom. The van der Waals surface area contributed by atoms with Gasteiger partial charge in [0.2, 0.25) is 0 Å². The third-order valence-corrected chi connectivity index (χ3v) is 4.03. The summed E-state index contributed by atoms with van der Waals surface area (Å²) < 4.78 is 5.75. The zero-order valence-corrected chi connectivity index (χ0v) is 15.1. The van der Waals surface area contributed by atoms with Crippen LogP contribution in [0.25, 0.3) is 12.2 Å². The van der Waals surface area contributed by atoms with Gasteiger partial charge in [-0.2, -0.15) is 0 Å². The molecule has 0 saturated heterocycles. The number of allylic oxidation sites excluding steroid dienone is 1. The number of hydrogen-bond donors (Lipinski definition) is 0. The standard InChI is InChI=1S/C25H22O2/c26-25(23-12-5-2-6-13-23)19-16-22-14-17-24(18-15-22)27-20-8-7-11-21-9-3-1-4-10-21/h1-7,9-19H,8,20H2. The molecule has 3 aromatic carbocycles. The van der Waals surface area contributed by atoms with Crippen molar-refractivity contribution in [3.63, 3.8) is 0 Å². The minimum atomic E-state index is 0.00105. The zero-order chi connectivity index (χ0) is 18.7. The Morgan fingerprint density at radius 2 is 1.37 bits per heavy atom. The number of ether oxygens (including phenoxy) is 1. The first-order valence-electron chi connectivity index (χ1n) is 9.03. The van der Waals surface area contributed by atoms with Crippen molar-refractivity contribution >= 4 is 17.9 Å². The number of carbonyl (C=O) groups excluding carboxylic acids is 1. The first-order valence-corrected chi connectivity index (χ1v) is 9.03. The lowest BCUT2D eigenvalue weighted by atomic mass is 10.1. The number of rotatable bonds is 8. The highest BCUT2D eigenvalue weighted by Gasteiger charge is 1.99. The van der Waals surface area contributed by atoms with Crippen molar-refractivity contribution in [3.05, 3.63) is 114 Å². The second kappa shape index (κ2) is 9.93. The minimum Gasteiger partial charge on any atom is -0.493 e. The third kappa shape index (κ3) is 6.12. The predicted octanol–water partition coefficient (Wildman–Crippen LogP) is 6.07. The topological polar surface area (TPSA) is 26.3 Å². The van der Waals surface area contributed by atoms with Crippen LogP contribution in [0.1, 0.15) is 27.9 Å². The summed E-state index contributed by atoms with van der Waals surface area (Å²) in [5.41, 5.74) is 2.85. The molecule has 0 aliphatic rings. The van der Waals surface area contributed by atoms with Crippen LogP contribution in [0.4, 0.5) is 0 Å². The van der Waals surface area contributed by atoms with Crippen LogP contribution in [0.5, 0.6) is 5.75 Å². The van der Waals surface area contributed by atoms with Crippen molar-refractivity contribution in [3.8, 4) is 5.75 Å². The fraction of sp³-hybridized carbons (Fsp3) is 0.0800. The van der Waals surface area contributed by atoms with Crippen molar-refractivity contribution in [1.29, 1.82) is 0 Å². The number of ketones is 1. The maximum absolute atomic E-state index is 12.1. The van der Waals surface area contributed by atoms with Crippen LogP contribution >= 0.6 is 0 Å². The average Bonchev–Trinajstić information content (AvgIpc) is 2.74. The van der Waals surface area contributed by atoms with Gasteiger partial charge in [0.15, 0.2) is 5.78 Å². The molecule has 0 saturated carbocycles. The molecule has 27 heavy (non-hydrogen) atoms. The highest BCUT2D eigenvalue weighted by Crippen LogP contribution is 2.14. The maximum Gasteiger partial charge on any atom is 0.185 e. The van der Waals surface area contributed by atoms with Gasteiger partial charge in [-0.3, -0.25) is 4.79 Å². The molecule has 0 amide bonds. The highest BCUT2D eigenvalue weighted by atomic mass is 16.5. The Kier molecular flexibility index (Phi) is 6.77. The van der Waals surface area contributed by atoms with E-state index in [1.807, 2.05) is 78.9 Å². The Morgan fingerprint density at radius 1 is 0.741 bits per heavy atom. The molecule has 0 radical (unpaired) electrons. The van der Waals surface area contributed by atoms with Gasteiger partial charge in [-0.15, -0.1) is 0 Å². The molecule has 0 heterocycles. The van der Waals surface area contributed by atoms with Crippen LogP contribution in [0.3, 0.4) is 0 Å². The summed E-state index contributed by atoms with van der Waals surface area (Å²) in [4.78, 5) is 12.1. The molecule has 0 aliphatic carbocycles. The lowest BCUT2D eigenvalue weighted by molar-refractivity contribution is 0.104. The molecular weight excluding hydrogens is 332 g/mol. The van der Waals surface area contributed by atoms with E-state index in [-0.39, 0.29) is 5.78 Å². The number of hydrogen-bond acceptors (Lipinski definition) is 2. The van der Waals surface area contributed by atoms with Crippen LogP contribution in [0, 0.1) is 0 Å². The molecule has 0 atom stereocenters. The summed E-state index contributed by atoms with van der Waals surface area (Å²) in [5.74, 6) is 0.829. The highest BCUT2D eigenvalue weighted by molar-refractivity contribution is 6.06. The van der Waals surface area contributed by atoms with E-state index >= 15 is 0 Å². The summed E-state index contributed by atoms with van der Waals surface area (Å²) in [7, 11) is 0. The van der Waals surface area contributed by atoms with Crippen molar-refractivity contribution < 1.29 is 9.53 Å². The summed E-state index contributed by atoms with van der Waals surface area (Å²) in [6.45, 7) is 0.630. The zero-order valence-electron chi connectivity index (χ0n) is 15.1. The Balaban J connectivity index is 1.45. The second-order valence-corrected chi connectivity index (χ2v) is 6.08. The Hall–Kier alpha value is -3.39. The van der Waals surface area contributed by atoms with Crippen molar-refractivity contribution in [2.45, 2.75) is 6.42 Å². The van der Waals surface area contributed by atoms with Gasteiger partial charge in [0.25, 0.3) is 0 Å². The summed E-state index contributed by atoms with van der Waals surface area (Å²) >= 11 is 0. The van der Waals surface area contributed by atoms with Crippen LogP contribution in [-0.4, -0.2) is 12.4 Å². The fourth-order valence-corrected chi connectivity index (χ4v) is 2.57. The van der Waals surface area contributed by atoms with E-state index in [2.05, 4.69) is 24.3 Å². The van der Waals surface area contributed by atoms with Gasteiger partial charge in [-0.05, 0) is 35.8 Å². The predicted molar refractivity (Wildman–Crippen MR) is 112 cm³/mol. The van der Waals surface area contributed by atoms with Crippen LogP contribution in [0.2, 0.25) is 0 Å². The molecule has 0 spiro atoms. The third-order valence-electron chi connectivity index (χ3n) is 4.03. The molecule has 134 valence electrons. The van der Waals surface area contributed by atoms with E-state index in [4.69, 9.17) is 4.74 Å². The van der Waals surface area contributed by atoms with E-state index in [9.17, 15) is 4.79 Å². The normalized spacial score (nSPS) is 11.1. The second-order valence-electron chi connectivity index (χ2n) is 6.08. The van der Waals surface area contributed by atoms with Crippen LogP contribution in [-0.2, 0) is 0 Å². The molecular formula is C25H22O2. The largest absolute Gasteiger partial charge is 0.493 e. The van der Waals surface area contributed by atoms with Crippen molar-refractivity contribution in [2.24, 2.45) is 0 Å². The smallest absolute Gasteiger partial charge is 0.185 e. The molecule has 0 aliphatic heterocycles. The minimum absolute atomic E-state index is 0.00105. The monoisotopic (exact) mass is 354 g/mol. The molecule has 0 aromatic heterocycles. The maximum atomic E-state index is 12.1. The quantitative estimate of drug-likeness (QED) is 0.279. The molecule has 3 aromatic rings. The average molecular weight is 354 g/mol. The van der Waals surface area contributed by atoms with Gasteiger partial charge in [-0.1, -0.05) is 91.0 Å². The number of benzene rings is 3. The van der Waals surface area contributed by atoms with E-state index < -0.39 is 0 Å². The first-order chi connectivity index (χ1) is 13.3. The summed E-state index contributed by atoms with van der Waals surface area (Å²) in [6, 6.07) is 27.2. The lowest BCUT2D eigenvalue weighted by Crippen LogP contribution is -1.95. The molecule has 2 nitrogen and oxygen atoms in total. The van der Waals surface area contributed by atoms with Gasteiger partial charge in [0.05, 0.1) is 6.61 Å². The van der Waals surface area contributed by atoms with Crippen LogP contribution < -0.4 is 4.74 Å². The fourth-order valence-electron chi connectivity index (χ4n) is 2.57. The van der Waals surface area contributed by atoms with E-state index in [0.29, 0.717) is 12.2 Å².